The summed E-state index contributed by atoms with van der Waals surface area (Å²) in [5, 5.41) is 3.47. The fourth-order valence-corrected chi connectivity index (χ4v) is 3.34. The summed E-state index contributed by atoms with van der Waals surface area (Å²) in [4.78, 5) is 18.0. The maximum atomic E-state index is 14.0. The number of amides is 1. The number of carbonyl (C=O) groups excluding carboxylic acids is 1. The van der Waals surface area contributed by atoms with Crippen molar-refractivity contribution in [2.75, 3.05) is 24.5 Å². The van der Waals surface area contributed by atoms with Gasteiger partial charge < -0.3 is 10.2 Å². The molecule has 6 heteroatoms. The van der Waals surface area contributed by atoms with E-state index in [-0.39, 0.29) is 17.3 Å². The van der Waals surface area contributed by atoms with Gasteiger partial charge in [-0.1, -0.05) is 13.8 Å². The highest BCUT2D eigenvalue weighted by Crippen LogP contribution is 2.31. The molecule has 1 aromatic carbocycles. The van der Waals surface area contributed by atoms with Crippen LogP contribution in [0.15, 0.2) is 24.4 Å². The second-order valence-corrected chi connectivity index (χ2v) is 6.97. The second-order valence-electron chi connectivity index (χ2n) is 6.97. The molecule has 0 saturated carbocycles. The SMILES string of the molecule is CC(C)C(=O)NCC1CCCN(c2ccnc3c(F)cc(F)cc23)C1. The zero-order valence-electron chi connectivity index (χ0n) is 14.6. The Morgan fingerprint density at radius 3 is 2.96 bits per heavy atom. The van der Waals surface area contributed by atoms with E-state index in [1.807, 2.05) is 13.8 Å². The van der Waals surface area contributed by atoms with Crippen molar-refractivity contribution >= 4 is 22.5 Å². The fraction of sp³-hybridized carbons (Fsp3) is 0.474. The Bertz CT molecular complexity index is 779. The van der Waals surface area contributed by atoms with Crippen LogP contribution in [0.1, 0.15) is 26.7 Å². The number of carbonyl (C=O) groups is 1. The number of halogens is 2. The summed E-state index contributed by atoms with van der Waals surface area (Å²) in [6, 6.07) is 4.00. The van der Waals surface area contributed by atoms with Crippen LogP contribution >= 0.6 is 0 Å². The molecule has 0 aliphatic carbocycles. The van der Waals surface area contributed by atoms with Crippen LogP contribution in [0.25, 0.3) is 10.9 Å². The van der Waals surface area contributed by atoms with Crippen LogP contribution < -0.4 is 10.2 Å². The molecule has 4 nitrogen and oxygen atoms in total. The van der Waals surface area contributed by atoms with E-state index in [2.05, 4.69) is 15.2 Å². The van der Waals surface area contributed by atoms with Gasteiger partial charge >= 0.3 is 0 Å². The van der Waals surface area contributed by atoms with Gasteiger partial charge in [0.15, 0.2) is 5.82 Å². The van der Waals surface area contributed by atoms with Crippen LogP contribution in [0.5, 0.6) is 0 Å². The number of nitrogens with one attached hydrogen (secondary N) is 1. The van der Waals surface area contributed by atoms with Crippen molar-refractivity contribution in [2.45, 2.75) is 26.7 Å². The summed E-state index contributed by atoms with van der Waals surface area (Å²) in [6.07, 6.45) is 3.56. The van der Waals surface area contributed by atoms with Crippen molar-refractivity contribution in [3.8, 4) is 0 Å². The van der Waals surface area contributed by atoms with Gasteiger partial charge in [0.2, 0.25) is 5.91 Å². The standard InChI is InChI=1S/C19H23F2N3O/c1-12(2)19(25)23-10-13-4-3-7-24(11-13)17-5-6-22-18-15(17)8-14(20)9-16(18)21/h5-6,8-9,12-13H,3-4,7,10-11H2,1-2H3,(H,23,25). The largest absolute Gasteiger partial charge is 0.371 e. The minimum Gasteiger partial charge on any atom is -0.371 e. The minimum atomic E-state index is -0.644. The summed E-state index contributed by atoms with van der Waals surface area (Å²) >= 11 is 0. The molecule has 0 bridgehead atoms. The number of pyridine rings is 1. The number of fused-ring (bicyclic) bond motifs is 1. The zero-order valence-corrected chi connectivity index (χ0v) is 14.6. The van der Waals surface area contributed by atoms with Gasteiger partial charge in [0.25, 0.3) is 0 Å². The summed E-state index contributed by atoms with van der Waals surface area (Å²) in [5.41, 5.74) is 0.984. The first kappa shape index (κ1) is 17.6. The van der Waals surface area contributed by atoms with Crippen molar-refractivity contribution in [3.63, 3.8) is 0 Å². The first-order valence-electron chi connectivity index (χ1n) is 8.72. The molecule has 1 aliphatic heterocycles. The van der Waals surface area contributed by atoms with E-state index in [1.54, 1.807) is 12.3 Å². The molecular formula is C19H23F2N3O. The number of rotatable bonds is 4. The lowest BCUT2D eigenvalue weighted by Crippen LogP contribution is -2.41. The molecule has 0 spiro atoms. The van der Waals surface area contributed by atoms with Gasteiger partial charge in [0.05, 0.1) is 0 Å². The predicted molar refractivity (Wildman–Crippen MR) is 94.4 cm³/mol. The lowest BCUT2D eigenvalue weighted by molar-refractivity contribution is -0.124. The molecule has 1 aliphatic rings. The highest BCUT2D eigenvalue weighted by atomic mass is 19.1. The van der Waals surface area contributed by atoms with Crippen molar-refractivity contribution in [3.05, 3.63) is 36.0 Å². The highest BCUT2D eigenvalue weighted by molar-refractivity contribution is 5.92. The number of hydrogen-bond acceptors (Lipinski definition) is 3. The molecule has 1 amide bonds. The molecule has 1 aromatic heterocycles. The maximum absolute atomic E-state index is 14.0. The maximum Gasteiger partial charge on any atom is 0.222 e. The van der Waals surface area contributed by atoms with E-state index in [4.69, 9.17) is 0 Å². The first-order valence-corrected chi connectivity index (χ1v) is 8.72. The summed E-state index contributed by atoms with van der Waals surface area (Å²) in [7, 11) is 0. The van der Waals surface area contributed by atoms with Gasteiger partial charge in [0.1, 0.15) is 11.3 Å². The lowest BCUT2D eigenvalue weighted by atomic mass is 9.96. The van der Waals surface area contributed by atoms with E-state index >= 15 is 0 Å². The molecule has 134 valence electrons. The van der Waals surface area contributed by atoms with E-state index in [9.17, 15) is 13.6 Å². The van der Waals surface area contributed by atoms with Crippen molar-refractivity contribution in [2.24, 2.45) is 11.8 Å². The van der Waals surface area contributed by atoms with E-state index in [0.717, 1.165) is 37.7 Å². The summed E-state index contributed by atoms with van der Waals surface area (Å²) < 4.78 is 27.7. The topological polar surface area (TPSA) is 45.2 Å². The third kappa shape index (κ3) is 3.89. The van der Waals surface area contributed by atoms with Gasteiger partial charge in [0, 0.05) is 48.9 Å². The smallest absolute Gasteiger partial charge is 0.222 e. The molecular weight excluding hydrogens is 324 g/mol. The van der Waals surface area contributed by atoms with Crippen LogP contribution in [0.4, 0.5) is 14.5 Å². The fourth-order valence-electron chi connectivity index (χ4n) is 3.34. The van der Waals surface area contributed by atoms with Gasteiger partial charge in [-0.05, 0) is 30.9 Å². The molecule has 0 radical (unpaired) electrons. The Morgan fingerprint density at radius 1 is 1.40 bits per heavy atom. The van der Waals surface area contributed by atoms with E-state index < -0.39 is 11.6 Å². The molecule has 1 fully saturated rings. The molecule has 1 atom stereocenters. The van der Waals surface area contributed by atoms with Crippen molar-refractivity contribution < 1.29 is 13.6 Å². The van der Waals surface area contributed by atoms with Crippen molar-refractivity contribution in [1.82, 2.24) is 10.3 Å². The van der Waals surface area contributed by atoms with Crippen LogP contribution in [-0.4, -0.2) is 30.5 Å². The van der Waals surface area contributed by atoms with E-state index in [1.165, 1.54) is 6.07 Å². The lowest BCUT2D eigenvalue weighted by Gasteiger charge is -2.35. The minimum absolute atomic E-state index is 0.0326. The van der Waals surface area contributed by atoms with Crippen LogP contribution in [0.2, 0.25) is 0 Å². The Balaban J connectivity index is 1.80. The predicted octanol–water partition coefficient (Wildman–Crippen LogP) is 3.50. The normalized spacial score (nSPS) is 18.0. The van der Waals surface area contributed by atoms with E-state index in [0.29, 0.717) is 17.8 Å². The van der Waals surface area contributed by atoms with Crippen LogP contribution in [-0.2, 0) is 4.79 Å². The Kier molecular flexibility index (Phi) is 5.16. The Labute approximate surface area is 146 Å². The monoisotopic (exact) mass is 347 g/mol. The third-order valence-electron chi connectivity index (χ3n) is 4.69. The average molecular weight is 347 g/mol. The van der Waals surface area contributed by atoms with Gasteiger partial charge in [-0.25, -0.2) is 8.78 Å². The summed E-state index contributed by atoms with van der Waals surface area (Å²) in [6.45, 7) is 5.93. The average Bonchev–Trinajstić information content (AvgIpc) is 2.59. The molecule has 1 unspecified atom stereocenters. The second kappa shape index (κ2) is 7.33. The number of nitrogens with zero attached hydrogens (tertiary/aromatic N) is 2. The number of anilines is 1. The number of benzene rings is 1. The van der Waals surface area contributed by atoms with Gasteiger partial charge in [-0.15, -0.1) is 0 Å². The molecule has 1 saturated heterocycles. The molecule has 25 heavy (non-hydrogen) atoms. The number of hydrogen-bond donors (Lipinski definition) is 1. The quantitative estimate of drug-likeness (QED) is 0.921. The molecule has 1 N–H and O–H groups in total. The van der Waals surface area contributed by atoms with Crippen molar-refractivity contribution in [1.29, 1.82) is 0 Å². The third-order valence-corrected chi connectivity index (χ3v) is 4.69. The number of aromatic nitrogens is 1. The first-order chi connectivity index (χ1) is 12.0. The Morgan fingerprint density at radius 2 is 2.20 bits per heavy atom. The molecule has 2 aromatic rings. The van der Waals surface area contributed by atoms with Crippen LogP contribution in [0.3, 0.4) is 0 Å². The Hall–Kier alpha value is -2.24. The van der Waals surface area contributed by atoms with Gasteiger partial charge in [-0.3, -0.25) is 9.78 Å². The zero-order chi connectivity index (χ0) is 18.0. The highest BCUT2D eigenvalue weighted by Gasteiger charge is 2.23. The summed E-state index contributed by atoms with van der Waals surface area (Å²) in [5.74, 6) is -0.907. The molecule has 2 heterocycles. The van der Waals surface area contributed by atoms with Gasteiger partial charge in [-0.2, -0.15) is 0 Å². The molecule has 3 rings (SSSR count). The van der Waals surface area contributed by atoms with Crippen LogP contribution in [0, 0.1) is 23.5 Å². The number of piperidine rings is 1.